The predicted octanol–water partition coefficient (Wildman–Crippen LogP) is 1.57. The van der Waals surface area contributed by atoms with Crippen molar-refractivity contribution in [3.8, 4) is 11.5 Å². The zero-order valence-electron chi connectivity index (χ0n) is 11.1. The molecule has 0 bridgehead atoms. The Balaban J connectivity index is 2.64. The molecule has 0 aliphatic carbocycles. The Labute approximate surface area is 107 Å². The van der Waals surface area contributed by atoms with Crippen molar-refractivity contribution in [1.29, 1.82) is 0 Å². The second-order valence-corrected chi connectivity index (χ2v) is 4.01. The van der Waals surface area contributed by atoms with E-state index in [0.717, 1.165) is 35.6 Å². The summed E-state index contributed by atoms with van der Waals surface area (Å²) in [6, 6.07) is 3.87. The smallest absolute Gasteiger partial charge is 0.163 e. The Kier molecular flexibility index (Phi) is 3.72. The Morgan fingerprint density at radius 1 is 1.22 bits per heavy atom. The summed E-state index contributed by atoms with van der Waals surface area (Å²) in [6.07, 6.45) is 0.771. The lowest BCUT2D eigenvalue weighted by molar-refractivity contribution is 0.355. The molecule has 5 heteroatoms. The lowest BCUT2D eigenvalue weighted by Gasteiger charge is -2.08. The molecule has 0 atom stereocenters. The fourth-order valence-electron chi connectivity index (χ4n) is 2.17. The quantitative estimate of drug-likeness (QED) is 0.873. The maximum atomic E-state index is 5.62. The Bertz CT molecular complexity index is 549. The summed E-state index contributed by atoms with van der Waals surface area (Å²) in [6.45, 7) is 3.55. The van der Waals surface area contributed by atoms with Gasteiger partial charge in [-0.3, -0.25) is 0 Å². The van der Waals surface area contributed by atoms with Crippen LogP contribution in [0.15, 0.2) is 12.1 Å². The largest absolute Gasteiger partial charge is 0.493 e. The van der Waals surface area contributed by atoms with E-state index in [-0.39, 0.29) is 0 Å². The fourth-order valence-corrected chi connectivity index (χ4v) is 2.17. The van der Waals surface area contributed by atoms with Crippen LogP contribution in [-0.2, 0) is 13.0 Å². The van der Waals surface area contributed by atoms with Gasteiger partial charge in [-0.1, -0.05) is 0 Å². The first kappa shape index (κ1) is 12.7. The monoisotopic (exact) mass is 249 g/mol. The number of methoxy groups -OCH3 is 2. The van der Waals surface area contributed by atoms with Crippen LogP contribution in [0.5, 0.6) is 11.5 Å². The van der Waals surface area contributed by atoms with Gasteiger partial charge in [0.25, 0.3) is 0 Å². The number of hydrogen-bond acceptors (Lipinski definition) is 4. The van der Waals surface area contributed by atoms with Gasteiger partial charge in [-0.15, -0.1) is 0 Å². The van der Waals surface area contributed by atoms with Crippen molar-refractivity contribution >= 4 is 11.0 Å². The molecule has 0 spiro atoms. The zero-order chi connectivity index (χ0) is 13.1. The molecule has 1 aromatic heterocycles. The van der Waals surface area contributed by atoms with Crippen molar-refractivity contribution in [2.45, 2.75) is 19.9 Å². The van der Waals surface area contributed by atoms with Gasteiger partial charge in [-0.25, -0.2) is 4.98 Å². The molecule has 18 heavy (non-hydrogen) atoms. The van der Waals surface area contributed by atoms with Gasteiger partial charge in [-0.05, 0) is 13.5 Å². The van der Waals surface area contributed by atoms with E-state index < -0.39 is 0 Å². The zero-order valence-corrected chi connectivity index (χ0v) is 11.1. The molecule has 0 amide bonds. The number of hydrogen-bond donors (Lipinski definition) is 1. The van der Waals surface area contributed by atoms with Crippen LogP contribution >= 0.6 is 0 Å². The molecule has 2 aromatic rings. The van der Waals surface area contributed by atoms with Gasteiger partial charge in [0.2, 0.25) is 0 Å². The first-order valence-corrected chi connectivity index (χ1v) is 6.06. The van der Waals surface area contributed by atoms with Gasteiger partial charge in [0.05, 0.1) is 25.3 Å². The number of imidazole rings is 1. The van der Waals surface area contributed by atoms with Crippen LogP contribution in [0.3, 0.4) is 0 Å². The maximum absolute atomic E-state index is 5.62. The molecule has 98 valence electrons. The average Bonchev–Trinajstić information content (AvgIpc) is 2.73. The van der Waals surface area contributed by atoms with E-state index in [1.54, 1.807) is 14.2 Å². The summed E-state index contributed by atoms with van der Waals surface area (Å²) >= 11 is 0. The molecule has 1 heterocycles. The van der Waals surface area contributed by atoms with E-state index in [9.17, 15) is 0 Å². The van der Waals surface area contributed by atoms with Crippen LogP contribution in [0.2, 0.25) is 0 Å². The van der Waals surface area contributed by atoms with Crippen LogP contribution in [0.1, 0.15) is 12.7 Å². The highest BCUT2D eigenvalue weighted by Gasteiger charge is 2.13. The van der Waals surface area contributed by atoms with E-state index in [1.165, 1.54) is 0 Å². The van der Waals surface area contributed by atoms with Crippen molar-refractivity contribution in [3.05, 3.63) is 18.0 Å². The minimum Gasteiger partial charge on any atom is -0.493 e. The lowest BCUT2D eigenvalue weighted by atomic mass is 10.2. The number of benzene rings is 1. The first-order valence-electron chi connectivity index (χ1n) is 6.06. The van der Waals surface area contributed by atoms with E-state index in [1.807, 2.05) is 12.1 Å². The highest BCUT2D eigenvalue weighted by Crippen LogP contribution is 2.32. The molecule has 0 fully saturated rings. The Morgan fingerprint density at radius 3 is 2.44 bits per heavy atom. The summed E-state index contributed by atoms with van der Waals surface area (Å²) in [7, 11) is 3.26. The van der Waals surface area contributed by atoms with Gasteiger partial charge in [0.15, 0.2) is 11.5 Å². The van der Waals surface area contributed by atoms with Gasteiger partial charge >= 0.3 is 0 Å². The summed E-state index contributed by atoms with van der Waals surface area (Å²) in [5.74, 6) is 2.43. The number of aromatic nitrogens is 2. The molecule has 0 saturated heterocycles. The van der Waals surface area contributed by atoms with Gasteiger partial charge in [0.1, 0.15) is 5.82 Å². The van der Waals surface area contributed by atoms with Crippen molar-refractivity contribution < 1.29 is 9.47 Å². The summed E-state index contributed by atoms with van der Waals surface area (Å²) < 4.78 is 12.8. The third-order valence-corrected chi connectivity index (χ3v) is 3.02. The van der Waals surface area contributed by atoms with E-state index >= 15 is 0 Å². The molecular weight excluding hydrogens is 230 g/mol. The molecule has 0 aliphatic rings. The predicted molar refractivity (Wildman–Crippen MR) is 71.3 cm³/mol. The van der Waals surface area contributed by atoms with Crippen LogP contribution in [0, 0.1) is 0 Å². The van der Waals surface area contributed by atoms with Gasteiger partial charge < -0.3 is 19.8 Å². The van der Waals surface area contributed by atoms with Crippen LogP contribution in [-0.4, -0.2) is 30.3 Å². The Morgan fingerprint density at radius 2 is 1.89 bits per heavy atom. The topological polar surface area (TPSA) is 62.3 Å². The van der Waals surface area contributed by atoms with Crippen LogP contribution in [0.4, 0.5) is 0 Å². The van der Waals surface area contributed by atoms with Crippen LogP contribution < -0.4 is 15.2 Å². The normalized spacial score (nSPS) is 10.9. The van der Waals surface area contributed by atoms with Crippen molar-refractivity contribution in [2.75, 3.05) is 20.8 Å². The highest BCUT2D eigenvalue weighted by molar-refractivity contribution is 5.80. The molecular formula is C13H19N3O2. The molecule has 2 N–H and O–H groups in total. The van der Waals surface area contributed by atoms with Gasteiger partial charge in [0, 0.05) is 25.1 Å². The summed E-state index contributed by atoms with van der Waals surface area (Å²) in [5.41, 5.74) is 7.58. The van der Waals surface area contributed by atoms with E-state index in [0.29, 0.717) is 12.3 Å². The number of nitrogens with zero attached hydrogens (tertiary/aromatic N) is 2. The molecule has 0 unspecified atom stereocenters. The van der Waals surface area contributed by atoms with Crippen molar-refractivity contribution in [1.82, 2.24) is 9.55 Å². The third-order valence-electron chi connectivity index (χ3n) is 3.02. The molecule has 5 nitrogen and oxygen atoms in total. The van der Waals surface area contributed by atoms with Crippen molar-refractivity contribution in [2.24, 2.45) is 5.73 Å². The molecule has 0 aliphatic heterocycles. The van der Waals surface area contributed by atoms with Crippen LogP contribution in [0.25, 0.3) is 11.0 Å². The average molecular weight is 249 g/mol. The van der Waals surface area contributed by atoms with E-state index in [4.69, 9.17) is 15.2 Å². The number of aryl methyl sites for hydroxylation is 1. The van der Waals surface area contributed by atoms with Gasteiger partial charge in [-0.2, -0.15) is 0 Å². The van der Waals surface area contributed by atoms with Crippen molar-refractivity contribution in [3.63, 3.8) is 0 Å². The first-order chi connectivity index (χ1) is 8.74. The molecule has 0 radical (unpaired) electrons. The second-order valence-electron chi connectivity index (χ2n) is 4.01. The molecule has 2 rings (SSSR count). The molecule has 0 saturated carbocycles. The van der Waals surface area contributed by atoms with E-state index in [2.05, 4.69) is 16.5 Å². The number of rotatable bonds is 5. The number of nitrogens with two attached hydrogens (primary N) is 1. The standard InChI is InChI=1S/C13H19N3O2/c1-4-16-10-8-12(18-3)11(17-2)7-9(10)15-13(16)5-6-14/h7-8H,4-6,14H2,1-3H3. The lowest BCUT2D eigenvalue weighted by Crippen LogP contribution is -2.09. The third kappa shape index (κ3) is 2.01. The summed E-state index contributed by atoms with van der Waals surface area (Å²) in [5, 5.41) is 0. The minimum atomic E-state index is 0.595. The second kappa shape index (κ2) is 5.27. The Hall–Kier alpha value is -1.75. The maximum Gasteiger partial charge on any atom is 0.163 e. The SMILES string of the molecule is CCn1c(CCN)nc2cc(OC)c(OC)cc21. The fraction of sp³-hybridized carbons (Fsp3) is 0.462. The number of fused-ring (bicyclic) bond motifs is 1. The number of ether oxygens (including phenoxy) is 2. The minimum absolute atomic E-state index is 0.595. The molecule has 1 aromatic carbocycles. The highest BCUT2D eigenvalue weighted by atomic mass is 16.5. The summed E-state index contributed by atoms with van der Waals surface area (Å²) in [4.78, 5) is 4.60.